The highest BCUT2D eigenvalue weighted by molar-refractivity contribution is 8.03. The summed E-state index contributed by atoms with van der Waals surface area (Å²) in [5.74, 6) is -1.38. The van der Waals surface area contributed by atoms with Gasteiger partial charge in [-0.1, -0.05) is 39.0 Å². The van der Waals surface area contributed by atoms with E-state index < -0.39 is 17.2 Å². The third kappa shape index (κ3) is 4.49. The minimum atomic E-state index is -0.917. The van der Waals surface area contributed by atoms with Crippen molar-refractivity contribution in [3.05, 3.63) is 10.6 Å². The lowest BCUT2D eigenvalue weighted by atomic mass is 9.72. The summed E-state index contributed by atoms with van der Waals surface area (Å²) < 4.78 is 0. The zero-order valence-electron chi connectivity index (χ0n) is 13.9. The van der Waals surface area contributed by atoms with Crippen molar-refractivity contribution in [2.24, 2.45) is 11.3 Å². The molecule has 124 valence electrons. The Hall–Kier alpha value is -1.99. The molecule has 0 unspecified atom stereocenters. The molecule has 1 rings (SSSR count). The molecule has 0 aliphatic carbocycles. The Balaban J connectivity index is 2.84. The normalized spacial score (nSPS) is 21.0. The number of hydrogen-bond donors (Lipinski definition) is 2. The first-order valence-corrected chi connectivity index (χ1v) is 8.53. The van der Waals surface area contributed by atoms with Gasteiger partial charge >= 0.3 is 0 Å². The molecule has 0 radical (unpaired) electrons. The van der Waals surface area contributed by atoms with Gasteiger partial charge in [0.05, 0.1) is 28.5 Å². The molecule has 0 spiro atoms. The summed E-state index contributed by atoms with van der Waals surface area (Å²) in [6, 6.07) is 4.12. The van der Waals surface area contributed by atoms with Gasteiger partial charge in [0.15, 0.2) is 0 Å². The van der Waals surface area contributed by atoms with Crippen LogP contribution in [0.5, 0.6) is 0 Å². The highest BCUT2D eigenvalue weighted by Gasteiger charge is 2.44. The van der Waals surface area contributed by atoms with Gasteiger partial charge in [0.25, 0.3) is 0 Å². The number of nitrogens with one attached hydrogen (secondary N) is 2. The van der Waals surface area contributed by atoms with E-state index in [9.17, 15) is 14.9 Å². The fraction of sp³-hybridized carbons (Fsp3) is 0.625. The lowest BCUT2D eigenvalue weighted by molar-refractivity contribution is -0.125. The first kappa shape index (κ1) is 19.1. The predicted octanol–water partition coefficient (Wildman–Crippen LogP) is 2.06. The van der Waals surface area contributed by atoms with Crippen LogP contribution >= 0.6 is 11.8 Å². The fourth-order valence-electron chi connectivity index (χ4n) is 2.49. The molecule has 6 nitrogen and oxygen atoms in total. The van der Waals surface area contributed by atoms with E-state index >= 15 is 0 Å². The molecule has 0 saturated heterocycles. The van der Waals surface area contributed by atoms with Gasteiger partial charge in [-0.05, 0) is 13.3 Å². The van der Waals surface area contributed by atoms with Crippen LogP contribution in [0, 0.1) is 34.0 Å². The van der Waals surface area contributed by atoms with Crippen LogP contribution in [-0.4, -0.2) is 23.6 Å². The summed E-state index contributed by atoms with van der Waals surface area (Å²) in [4.78, 5) is 24.0. The SMILES string of the molecule is CCC[C@H](C)NC(=O)CSC1=C(C#N)C(C)(C)[C@@H](C#N)C(=O)N1. The molecule has 2 N–H and O–H groups in total. The Bertz CT molecular complexity index is 598. The number of carbonyl (C=O) groups is 2. The first-order chi connectivity index (χ1) is 10.8. The molecule has 0 aromatic heterocycles. The van der Waals surface area contributed by atoms with Gasteiger partial charge in [0, 0.05) is 11.5 Å². The van der Waals surface area contributed by atoms with Crippen LogP contribution < -0.4 is 10.6 Å². The minimum Gasteiger partial charge on any atom is -0.353 e. The molecule has 0 bridgehead atoms. The lowest BCUT2D eigenvalue weighted by Gasteiger charge is -2.34. The van der Waals surface area contributed by atoms with Crippen molar-refractivity contribution in [3.8, 4) is 12.1 Å². The van der Waals surface area contributed by atoms with Crippen LogP contribution in [0.1, 0.15) is 40.5 Å². The Morgan fingerprint density at radius 2 is 2.13 bits per heavy atom. The Morgan fingerprint density at radius 3 is 2.65 bits per heavy atom. The van der Waals surface area contributed by atoms with Crippen LogP contribution in [0.25, 0.3) is 0 Å². The third-order valence-electron chi connectivity index (χ3n) is 3.81. The number of hydrogen-bond acceptors (Lipinski definition) is 5. The van der Waals surface area contributed by atoms with Crippen molar-refractivity contribution >= 4 is 23.6 Å². The van der Waals surface area contributed by atoms with Crippen LogP contribution in [0.4, 0.5) is 0 Å². The Labute approximate surface area is 141 Å². The molecule has 23 heavy (non-hydrogen) atoms. The lowest BCUT2D eigenvalue weighted by Crippen LogP contribution is -2.44. The number of carbonyl (C=O) groups excluding carboxylic acids is 2. The van der Waals surface area contributed by atoms with Gasteiger partial charge < -0.3 is 10.6 Å². The molecule has 1 aliphatic rings. The highest BCUT2D eigenvalue weighted by Crippen LogP contribution is 2.41. The molecule has 0 aromatic carbocycles. The van der Waals surface area contributed by atoms with Crippen molar-refractivity contribution in [2.75, 3.05) is 5.75 Å². The number of rotatable bonds is 6. The molecule has 1 aliphatic heterocycles. The second-order valence-corrected chi connectivity index (χ2v) is 7.12. The zero-order valence-corrected chi connectivity index (χ0v) is 14.7. The Morgan fingerprint density at radius 1 is 1.48 bits per heavy atom. The van der Waals surface area contributed by atoms with Gasteiger partial charge in [0.1, 0.15) is 5.92 Å². The molecule has 7 heteroatoms. The molecule has 1 heterocycles. The van der Waals surface area contributed by atoms with Crippen molar-refractivity contribution in [3.63, 3.8) is 0 Å². The van der Waals surface area contributed by atoms with Crippen molar-refractivity contribution in [1.29, 1.82) is 10.5 Å². The molecule has 0 saturated carbocycles. The molecule has 2 amide bonds. The summed E-state index contributed by atoms with van der Waals surface area (Å²) in [5.41, 5.74) is -0.539. The number of allylic oxidation sites excluding steroid dienone is 1. The summed E-state index contributed by atoms with van der Waals surface area (Å²) in [6.45, 7) is 7.38. The molecule has 0 fully saturated rings. The van der Waals surface area contributed by atoms with E-state index in [1.165, 1.54) is 0 Å². The van der Waals surface area contributed by atoms with Crippen molar-refractivity contribution in [2.45, 2.75) is 46.6 Å². The van der Waals surface area contributed by atoms with Crippen LogP contribution in [-0.2, 0) is 9.59 Å². The summed E-state index contributed by atoms with van der Waals surface area (Å²) in [5, 5.41) is 24.4. The maximum Gasteiger partial charge on any atom is 0.243 e. The van der Waals surface area contributed by atoms with Gasteiger partial charge in [0.2, 0.25) is 11.8 Å². The van der Waals surface area contributed by atoms with E-state index in [1.54, 1.807) is 13.8 Å². The van der Waals surface area contributed by atoms with E-state index in [0.29, 0.717) is 10.6 Å². The average molecular weight is 334 g/mol. The second-order valence-electron chi connectivity index (χ2n) is 6.13. The average Bonchev–Trinajstić information content (AvgIpc) is 2.44. The summed E-state index contributed by atoms with van der Waals surface area (Å²) in [6.07, 6.45) is 1.88. The van der Waals surface area contributed by atoms with E-state index in [-0.39, 0.29) is 17.7 Å². The van der Waals surface area contributed by atoms with Crippen LogP contribution in [0.2, 0.25) is 0 Å². The largest absolute Gasteiger partial charge is 0.353 e. The quantitative estimate of drug-likeness (QED) is 0.773. The monoisotopic (exact) mass is 334 g/mol. The van der Waals surface area contributed by atoms with Crippen molar-refractivity contribution < 1.29 is 9.59 Å². The summed E-state index contributed by atoms with van der Waals surface area (Å²) in [7, 11) is 0. The van der Waals surface area contributed by atoms with Gasteiger partial charge in [-0.15, -0.1) is 0 Å². The standard InChI is InChI=1S/C16H22N4O2S/c1-5-6-10(2)19-13(21)9-23-15-12(8-18)16(3,4)11(7-17)14(22)20-15/h10-11H,5-6,9H2,1-4H3,(H,19,21)(H,20,22)/t10-,11-/m0/s1. The van der Waals surface area contributed by atoms with Crippen molar-refractivity contribution in [1.82, 2.24) is 10.6 Å². The van der Waals surface area contributed by atoms with Gasteiger partial charge in [-0.2, -0.15) is 10.5 Å². The van der Waals surface area contributed by atoms with E-state index in [0.717, 1.165) is 24.6 Å². The minimum absolute atomic E-state index is 0.0953. The maximum absolute atomic E-state index is 12.0. The maximum atomic E-state index is 12.0. The molecule has 0 aromatic rings. The predicted molar refractivity (Wildman–Crippen MR) is 88.6 cm³/mol. The molecule has 2 atom stereocenters. The van der Waals surface area contributed by atoms with Crippen LogP contribution in [0.15, 0.2) is 10.6 Å². The van der Waals surface area contributed by atoms with Gasteiger partial charge in [-0.3, -0.25) is 9.59 Å². The number of nitriles is 2. The number of thioether (sulfide) groups is 1. The van der Waals surface area contributed by atoms with E-state index in [2.05, 4.69) is 16.7 Å². The number of nitrogens with zero attached hydrogens (tertiary/aromatic N) is 2. The third-order valence-corrected chi connectivity index (χ3v) is 4.81. The van der Waals surface area contributed by atoms with E-state index in [4.69, 9.17) is 5.26 Å². The van der Waals surface area contributed by atoms with Crippen LogP contribution in [0.3, 0.4) is 0 Å². The smallest absolute Gasteiger partial charge is 0.243 e. The van der Waals surface area contributed by atoms with Gasteiger partial charge in [-0.25, -0.2) is 0 Å². The fourth-order valence-corrected chi connectivity index (χ4v) is 3.48. The zero-order chi connectivity index (χ0) is 17.6. The topological polar surface area (TPSA) is 106 Å². The second kappa shape index (κ2) is 8.03. The molecular weight excluding hydrogens is 312 g/mol. The summed E-state index contributed by atoms with van der Waals surface area (Å²) >= 11 is 1.12. The highest BCUT2D eigenvalue weighted by atomic mass is 32.2. The van der Waals surface area contributed by atoms with E-state index in [1.807, 2.05) is 19.9 Å². The molecular formula is C16H22N4O2S. The number of amides is 2. The first-order valence-electron chi connectivity index (χ1n) is 7.55. The Kier molecular flexibility index (Phi) is 6.65.